The molecule has 146 valence electrons. The normalized spacial score (nSPS) is 21.1. The molecule has 0 spiro atoms. The van der Waals surface area contributed by atoms with E-state index in [1.165, 1.54) is 0 Å². The highest BCUT2D eigenvalue weighted by atomic mass is 35.5. The van der Waals surface area contributed by atoms with Crippen LogP contribution in [0, 0.1) is 12.8 Å². The van der Waals surface area contributed by atoms with Gasteiger partial charge in [-0.1, -0.05) is 55.8 Å². The van der Waals surface area contributed by atoms with E-state index in [2.05, 4.69) is 0 Å². The summed E-state index contributed by atoms with van der Waals surface area (Å²) in [4.78, 5) is 0.312. The summed E-state index contributed by atoms with van der Waals surface area (Å²) in [6, 6.07) is 14.7. The van der Waals surface area contributed by atoms with Crippen LogP contribution in [-0.4, -0.2) is 31.6 Å². The number of ether oxygens (including phenoxy) is 1. The molecule has 4 nitrogen and oxygen atoms in total. The fourth-order valence-corrected chi connectivity index (χ4v) is 5.34. The van der Waals surface area contributed by atoms with Crippen molar-refractivity contribution in [2.45, 2.75) is 50.2 Å². The predicted molar refractivity (Wildman–Crippen MR) is 108 cm³/mol. The fourth-order valence-electron chi connectivity index (χ4n) is 3.34. The number of hydrogen-bond acceptors (Lipinski definition) is 3. The molecule has 1 heterocycles. The van der Waals surface area contributed by atoms with Crippen LogP contribution in [0.25, 0.3) is 0 Å². The van der Waals surface area contributed by atoms with Gasteiger partial charge in [0.05, 0.1) is 17.5 Å². The lowest BCUT2D eigenvalue weighted by atomic mass is 10.1. The second-order valence-electron chi connectivity index (χ2n) is 7.40. The summed E-state index contributed by atoms with van der Waals surface area (Å²) < 4.78 is 34.3. The SMILES string of the molecule is Cc1ccc(S(=O)(=O)N2[C@H](Cc3ccc(CCl)cc3)OC[C@@H]2C(C)C)cc1. The molecule has 0 aliphatic carbocycles. The number of benzene rings is 2. The van der Waals surface area contributed by atoms with Gasteiger partial charge in [0.15, 0.2) is 0 Å². The van der Waals surface area contributed by atoms with Gasteiger partial charge in [0.25, 0.3) is 0 Å². The van der Waals surface area contributed by atoms with Crippen molar-refractivity contribution in [2.24, 2.45) is 5.92 Å². The van der Waals surface area contributed by atoms with Gasteiger partial charge in [-0.25, -0.2) is 8.42 Å². The zero-order valence-corrected chi connectivity index (χ0v) is 17.5. The summed E-state index contributed by atoms with van der Waals surface area (Å²) in [5.74, 6) is 0.623. The molecule has 0 aromatic heterocycles. The van der Waals surface area contributed by atoms with Crippen molar-refractivity contribution in [1.29, 1.82) is 0 Å². The monoisotopic (exact) mass is 407 g/mol. The van der Waals surface area contributed by atoms with Gasteiger partial charge in [-0.05, 0) is 36.1 Å². The zero-order valence-electron chi connectivity index (χ0n) is 15.9. The van der Waals surface area contributed by atoms with Crippen molar-refractivity contribution in [3.05, 3.63) is 65.2 Å². The minimum atomic E-state index is -3.64. The molecule has 2 aromatic rings. The lowest BCUT2D eigenvalue weighted by molar-refractivity contribution is 0.0687. The van der Waals surface area contributed by atoms with E-state index in [4.69, 9.17) is 16.3 Å². The first-order valence-electron chi connectivity index (χ1n) is 9.18. The largest absolute Gasteiger partial charge is 0.360 e. The predicted octanol–water partition coefficient (Wildman–Crippen LogP) is 4.35. The van der Waals surface area contributed by atoms with Crippen LogP contribution in [-0.2, 0) is 27.1 Å². The molecule has 0 radical (unpaired) electrons. The minimum absolute atomic E-state index is 0.161. The molecule has 1 fully saturated rings. The summed E-state index contributed by atoms with van der Waals surface area (Å²) in [7, 11) is -3.64. The quantitative estimate of drug-likeness (QED) is 0.669. The van der Waals surface area contributed by atoms with Gasteiger partial charge >= 0.3 is 0 Å². The first kappa shape index (κ1) is 20.3. The van der Waals surface area contributed by atoms with Crippen molar-refractivity contribution >= 4 is 21.6 Å². The molecule has 0 bridgehead atoms. The van der Waals surface area contributed by atoms with Gasteiger partial charge in [0, 0.05) is 12.3 Å². The van der Waals surface area contributed by atoms with Crippen LogP contribution < -0.4 is 0 Å². The number of rotatable bonds is 6. The average molecular weight is 408 g/mol. The summed E-state index contributed by atoms with van der Waals surface area (Å²) in [5.41, 5.74) is 3.10. The molecular weight excluding hydrogens is 382 g/mol. The van der Waals surface area contributed by atoms with Crippen LogP contribution in [0.1, 0.15) is 30.5 Å². The van der Waals surface area contributed by atoms with E-state index in [1.54, 1.807) is 16.4 Å². The highest BCUT2D eigenvalue weighted by Gasteiger charge is 2.44. The number of alkyl halides is 1. The summed E-state index contributed by atoms with van der Waals surface area (Å²) >= 11 is 5.85. The van der Waals surface area contributed by atoms with Crippen molar-refractivity contribution in [3.8, 4) is 0 Å². The lowest BCUT2D eigenvalue weighted by Crippen LogP contribution is -2.45. The van der Waals surface area contributed by atoms with E-state index in [-0.39, 0.29) is 12.0 Å². The van der Waals surface area contributed by atoms with Crippen molar-refractivity contribution in [3.63, 3.8) is 0 Å². The topological polar surface area (TPSA) is 46.6 Å². The standard InChI is InChI=1S/C21H26ClNO3S/c1-15(2)20-14-26-21(12-17-6-8-18(13-22)9-7-17)23(20)27(24,25)19-10-4-16(3)5-11-19/h4-11,15,20-21H,12-14H2,1-3H3/t20-,21+/m1/s1. The average Bonchev–Trinajstić information content (AvgIpc) is 3.07. The fraction of sp³-hybridized carbons (Fsp3) is 0.429. The number of halogens is 1. The Morgan fingerprint density at radius 1 is 1.07 bits per heavy atom. The van der Waals surface area contributed by atoms with Crippen LogP contribution in [0.5, 0.6) is 0 Å². The van der Waals surface area contributed by atoms with Gasteiger partial charge in [0.1, 0.15) is 6.23 Å². The van der Waals surface area contributed by atoms with Crippen LogP contribution >= 0.6 is 11.6 Å². The Morgan fingerprint density at radius 3 is 2.22 bits per heavy atom. The van der Waals surface area contributed by atoms with Crippen molar-refractivity contribution in [2.75, 3.05) is 6.61 Å². The molecule has 0 saturated carbocycles. The maximum Gasteiger partial charge on any atom is 0.245 e. The molecule has 3 rings (SSSR count). The number of nitrogens with zero attached hydrogens (tertiary/aromatic N) is 1. The van der Waals surface area contributed by atoms with Gasteiger partial charge in [-0.3, -0.25) is 0 Å². The van der Waals surface area contributed by atoms with Gasteiger partial charge < -0.3 is 4.74 Å². The maximum atomic E-state index is 13.4. The van der Waals surface area contributed by atoms with E-state index in [0.29, 0.717) is 23.8 Å². The Bertz CT molecular complexity index is 863. The minimum Gasteiger partial charge on any atom is -0.360 e. The molecule has 1 aliphatic rings. The molecule has 0 unspecified atom stereocenters. The smallest absolute Gasteiger partial charge is 0.245 e. The van der Waals surface area contributed by atoms with E-state index < -0.39 is 16.3 Å². The number of aryl methyl sites for hydroxylation is 1. The van der Waals surface area contributed by atoms with E-state index in [1.807, 2.05) is 57.2 Å². The summed E-state index contributed by atoms with van der Waals surface area (Å²) in [6.07, 6.45) is 0.00204. The molecule has 2 atom stereocenters. The third kappa shape index (κ3) is 4.37. The summed E-state index contributed by atoms with van der Waals surface area (Å²) in [6.45, 7) is 6.42. The molecule has 6 heteroatoms. The number of hydrogen-bond donors (Lipinski definition) is 0. The van der Waals surface area contributed by atoms with Crippen LogP contribution in [0.15, 0.2) is 53.4 Å². The second kappa shape index (κ2) is 8.31. The highest BCUT2D eigenvalue weighted by Crippen LogP contribution is 2.32. The van der Waals surface area contributed by atoms with Gasteiger partial charge in [-0.15, -0.1) is 11.6 Å². The highest BCUT2D eigenvalue weighted by molar-refractivity contribution is 7.89. The van der Waals surface area contributed by atoms with Gasteiger partial charge in [0.2, 0.25) is 10.0 Å². The van der Waals surface area contributed by atoms with E-state index in [9.17, 15) is 8.42 Å². The molecule has 1 saturated heterocycles. The Balaban J connectivity index is 1.92. The van der Waals surface area contributed by atoms with E-state index in [0.717, 1.165) is 16.7 Å². The second-order valence-corrected chi connectivity index (χ2v) is 9.51. The Hall–Kier alpha value is -1.40. The van der Waals surface area contributed by atoms with Crippen LogP contribution in [0.3, 0.4) is 0 Å². The molecule has 0 N–H and O–H groups in total. The first-order valence-corrected chi connectivity index (χ1v) is 11.2. The Labute approximate surface area is 167 Å². The van der Waals surface area contributed by atoms with Crippen LogP contribution in [0.2, 0.25) is 0 Å². The molecular formula is C21H26ClNO3S. The Morgan fingerprint density at radius 2 is 1.67 bits per heavy atom. The molecule has 27 heavy (non-hydrogen) atoms. The molecule has 1 aliphatic heterocycles. The van der Waals surface area contributed by atoms with Crippen molar-refractivity contribution < 1.29 is 13.2 Å². The Kier molecular flexibility index (Phi) is 6.26. The van der Waals surface area contributed by atoms with E-state index >= 15 is 0 Å². The first-order chi connectivity index (χ1) is 12.8. The third-order valence-electron chi connectivity index (χ3n) is 5.02. The van der Waals surface area contributed by atoms with Gasteiger partial charge in [-0.2, -0.15) is 4.31 Å². The van der Waals surface area contributed by atoms with Crippen molar-refractivity contribution in [1.82, 2.24) is 4.31 Å². The molecule has 0 amide bonds. The lowest BCUT2D eigenvalue weighted by Gasteiger charge is -2.29. The zero-order chi connectivity index (χ0) is 19.6. The number of sulfonamides is 1. The van der Waals surface area contributed by atoms with Crippen LogP contribution in [0.4, 0.5) is 0 Å². The summed E-state index contributed by atoms with van der Waals surface area (Å²) in [5, 5.41) is 0. The third-order valence-corrected chi connectivity index (χ3v) is 7.26. The maximum absolute atomic E-state index is 13.4. The molecule has 2 aromatic carbocycles.